The molecule has 0 spiro atoms. The molecule has 38 heavy (non-hydrogen) atoms. The molecule has 9 heteroatoms. The van der Waals surface area contributed by atoms with Crippen molar-refractivity contribution in [3.8, 4) is 0 Å². The average Bonchev–Trinajstić information content (AvgIpc) is 3.67. The van der Waals surface area contributed by atoms with Crippen LogP contribution in [0.4, 0.5) is 0 Å². The van der Waals surface area contributed by atoms with E-state index in [0.29, 0.717) is 12.3 Å². The number of hydrogen-bond donors (Lipinski definition) is 0. The lowest BCUT2D eigenvalue weighted by molar-refractivity contribution is -0.165. The van der Waals surface area contributed by atoms with Crippen LogP contribution in [0.1, 0.15) is 47.0 Å². The predicted molar refractivity (Wildman–Crippen MR) is 131 cm³/mol. The summed E-state index contributed by atoms with van der Waals surface area (Å²) < 4.78 is 20.7. The molecule has 5 aliphatic rings. The Labute approximate surface area is 223 Å². The average molecular weight is 533 g/mol. The van der Waals surface area contributed by atoms with Crippen LogP contribution in [0.3, 0.4) is 0 Å². The summed E-state index contributed by atoms with van der Waals surface area (Å²) in [5, 5.41) is 0. The lowest BCUT2D eigenvalue weighted by Gasteiger charge is -2.46. The second kappa shape index (κ2) is 9.33. The maximum atomic E-state index is 13.5. The zero-order valence-electron chi connectivity index (χ0n) is 23.3. The molecule has 5 rings (SSSR count). The monoisotopic (exact) mass is 532 g/mol. The second-order valence-corrected chi connectivity index (χ2v) is 13.1. The van der Waals surface area contributed by atoms with Crippen LogP contribution in [0.2, 0.25) is 0 Å². The van der Waals surface area contributed by atoms with Gasteiger partial charge in [0, 0.05) is 0 Å². The number of fused-ring (bicyclic) bond motifs is 4. The molecule has 1 heterocycles. The smallest absolute Gasteiger partial charge is 0.317 e. The van der Waals surface area contributed by atoms with E-state index in [-0.39, 0.29) is 53.3 Å². The Kier molecular flexibility index (Phi) is 6.66. The summed E-state index contributed by atoms with van der Waals surface area (Å²) in [7, 11) is 3.99. The van der Waals surface area contributed by atoms with Gasteiger partial charge in [-0.1, -0.05) is 13.8 Å². The van der Waals surface area contributed by atoms with Gasteiger partial charge in [-0.15, -0.1) is 0 Å². The van der Waals surface area contributed by atoms with E-state index in [0.717, 1.165) is 12.8 Å². The van der Waals surface area contributed by atoms with Crippen molar-refractivity contribution in [2.75, 3.05) is 21.3 Å². The van der Waals surface area contributed by atoms with Crippen LogP contribution >= 0.6 is 0 Å². The van der Waals surface area contributed by atoms with Crippen molar-refractivity contribution in [2.24, 2.45) is 82.3 Å². The second-order valence-electron chi connectivity index (χ2n) is 13.1. The largest absolute Gasteiger partial charge is 0.469 e. The molecule has 4 aliphatic carbocycles. The van der Waals surface area contributed by atoms with E-state index < -0.39 is 53.0 Å². The lowest BCUT2D eigenvalue weighted by atomic mass is 9.55. The van der Waals surface area contributed by atoms with Crippen molar-refractivity contribution in [3.05, 3.63) is 0 Å². The van der Waals surface area contributed by atoms with E-state index in [1.807, 2.05) is 20.8 Å². The molecule has 0 aromatic carbocycles. The highest BCUT2D eigenvalue weighted by atomic mass is 16.6. The fraction of sp³-hybridized carbons (Fsp3) is 0.828. The third kappa shape index (κ3) is 3.59. The maximum Gasteiger partial charge on any atom is 0.317 e. The van der Waals surface area contributed by atoms with Crippen LogP contribution in [-0.2, 0) is 42.9 Å². The zero-order valence-corrected chi connectivity index (χ0v) is 23.3. The highest BCUT2D eigenvalue weighted by molar-refractivity contribution is 5.97. The van der Waals surface area contributed by atoms with Crippen molar-refractivity contribution in [1.29, 1.82) is 0 Å². The molecule has 13 atom stereocenters. The molecular formula is C29H40O9. The molecule has 1 saturated heterocycles. The van der Waals surface area contributed by atoms with E-state index >= 15 is 0 Å². The van der Waals surface area contributed by atoms with Crippen LogP contribution in [0.25, 0.3) is 0 Å². The molecule has 0 amide bonds. The Balaban J connectivity index is 1.55. The Morgan fingerprint density at radius 2 is 1.32 bits per heavy atom. The first kappa shape index (κ1) is 27.1. The van der Waals surface area contributed by atoms with Crippen LogP contribution < -0.4 is 0 Å². The lowest BCUT2D eigenvalue weighted by Crippen LogP contribution is -2.50. The highest BCUT2D eigenvalue weighted by Gasteiger charge is 2.70. The molecule has 4 saturated carbocycles. The Bertz CT molecular complexity index is 1050. The Hall–Kier alpha value is -2.45. The minimum atomic E-state index is -0.838. The van der Waals surface area contributed by atoms with Gasteiger partial charge in [-0.2, -0.15) is 0 Å². The van der Waals surface area contributed by atoms with Gasteiger partial charge in [0.05, 0.1) is 50.4 Å². The number of rotatable bonds is 6. The quantitative estimate of drug-likeness (QED) is 0.289. The molecule has 210 valence electrons. The van der Waals surface area contributed by atoms with E-state index in [2.05, 4.69) is 6.92 Å². The third-order valence-electron chi connectivity index (χ3n) is 11.5. The first-order valence-electron chi connectivity index (χ1n) is 13.9. The number of carbonyl (C=O) groups excluding carboxylic acids is 5. The highest BCUT2D eigenvalue weighted by Crippen LogP contribution is 2.67. The van der Waals surface area contributed by atoms with E-state index in [1.165, 1.54) is 21.3 Å². The molecule has 13 unspecified atom stereocenters. The third-order valence-corrected chi connectivity index (χ3v) is 11.5. The number of carbonyl (C=O) groups is 5. The summed E-state index contributed by atoms with van der Waals surface area (Å²) in [6.07, 6.45) is 2.43. The van der Waals surface area contributed by atoms with E-state index in [1.54, 1.807) is 0 Å². The van der Waals surface area contributed by atoms with Gasteiger partial charge in [0.25, 0.3) is 0 Å². The maximum absolute atomic E-state index is 13.5. The topological polar surface area (TPSA) is 122 Å². The molecule has 4 bridgehead atoms. The van der Waals surface area contributed by atoms with Crippen LogP contribution in [0.5, 0.6) is 0 Å². The minimum absolute atomic E-state index is 0.0967. The molecule has 0 aromatic heterocycles. The van der Waals surface area contributed by atoms with Gasteiger partial charge in [-0.05, 0) is 86.4 Å². The van der Waals surface area contributed by atoms with Gasteiger partial charge in [0.2, 0.25) is 0 Å². The first-order chi connectivity index (χ1) is 17.9. The van der Waals surface area contributed by atoms with E-state index in [4.69, 9.17) is 18.9 Å². The molecule has 0 aromatic rings. The number of ether oxygens (including phenoxy) is 4. The minimum Gasteiger partial charge on any atom is -0.469 e. The standard InChI is InChI=1S/C29H40O9/c1-11-8-13-9-14(11)23(29(3,4)28(34)37-7)18(13)22-21(26(32)38-27(22)33)17-12(2)15-10-16(17)20(25(31)36-6)19(15)24(30)35-5/h11-23H,8-10H2,1-7H3. The fourth-order valence-electron chi connectivity index (χ4n) is 10.2. The zero-order chi connectivity index (χ0) is 27.8. The molecule has 0 radical (unpaired) electrons. The van der Waals surface area contributed by atoms with Crippen molar-refractivity contribution in [1.82, 2.24) is 0 Å². The summed E-state index contributed by atoms with van der Waals surface area (Å²) in [5.41, 5.74) is -0.838. The summed E-state index contributed by atoms with van der Waals surface area (Å²) in [6, 6.07) is 0. The number of cyclic esters (lactones) is 2. The number of methoxy groups -OCH3 is 3. The summed E-state index contributed by atoms with van der Waals surface area (Å²) in [4.78, 5) is 65.6. The number of esters is 5. The Morgan fingerprint density at radius 3 is 1.87 bits per heavy atom. The SMILES string of the molecule is COC(=O)C1C2CC(C1C(=O)OC)C(C1C(=O)OC(=O)C1C1C3CC(C)C(C3)C1C(C)(C)C(=O)OC)C2C. The fourth-order valence-corrected chi connectivity index (χ4v) is 10.2. The van der Waals surface area contributed by atoms with Crippen molar-refractivity contribution < 1.29 is 42.9 Å². The summed E-state index contributed by atoms with van der Waals surface area (Å²) >= 11 is 0. The van der Waals surface area contributed by atoms with Gasteiger partial charge in [-0.25, -0.2) is 0 Å². The first-order valence-corrected chi connectivity index (χ1v) is 13.9. The van der Waals surface area contributed by atoms with Gasteiger partial charge in [0.1, 0.15) is 0 Å². The van der Waals surface area contributed by atoms with Crippen molar-refractivity contribution >= 4 is 29.8 Å². The molecule has 9 nitrogen and oxygen atoms in total. The van der Waals surface area contributed by atoms with Crippen LogP contribution in [0.15, 0.2) is 0 Å². The summed E-state index contributed by atoms with van der Waals surface area (Å²) in [6.45, 7) is 7.97. The molecule has 1 aliphatic heterocycles. The predicted octanol–water partition coefficient (Wildman–Crippen LogP) is 2.89. The summed E-state index contributed by atoms with van der Waals surface area (Å²) in [5.74, 6) is -5.47. The van der Waals surface area contributed by atoms with Crippen LogP contribution in [0, 0.1) is 82.3 Å². The van der Waals surface area contributed by atoms with E-state index in [9.17, 15) is 24.0 Å². The van der Waals surface area contributed by atoms with Gasteiger partial charge < -0.3 is 18.9 Å². The molecular weight excluding hydrogens is 492 g/mol. The molecule has 0 N–H and O–H groups in total. The van der Waals surface area contributed by atoms with Gasteiger partial charge >= 0.3 is 29.8 Å². The molecule has 5 fully saturated rings. The Morgan fingerprint density at radius 1 is 0.763 bits per heavy atom. The van der Waals surface area contributed by atoms with Gasteiger partial charge in [-0.3, -0.25) is 24.0 Å². The van der Waals surface area contributed by atoms with Crippen molar-refractivity contribution in [2.45, 2.75) is 47.0 Å². The van der Waals surface area contributed by atoms with Crippen molar-refractivity contribution in [3.63, 3.8) is 0 Å². The number of hydrogen-bond acceptors (Lipinski definition) is 9. The normalized spacial score (nSPS) is 45.3. The van der Waals surface area contributed by atoms with Crippen LogP contribution in [-0.4, -0.2) is 51.2 Å². The van der Waals surface area contributed by atoms with Gasteiger partial charge in [0.15, 0.2) is 0 Å².